The number of aromatic nitrogens is 1. The second-order valence-corrected chi connectivity index (χ2v) is 5.25. The highest BCUT2D eigenvalue weighted by Crippen LogP contribution is 2.13. The van der Waals surface area contributed by atoms with Crippen LogP contribution in [-0.2, 0) is 0 Å². The number of aryl methyl sites for hydroxylation is 1. The minimum atomic E-state index is 0.00887. The van der Waals surface area contributed by atoms with Crippen LogP contribution in [0.4, 0.5) is 0 Å². The first kappa shape index (κ1) is 14.1. The van der Waals surface area contributed by atoms with Crippen molar-refractivity contribution in [2.75, 3.05) is 0 Å². The van der Waals surface area contributed by atoms with Crippen molar-refractivity contribution in [3.05, 3.63) is 95.8 Å². The molecule has 0 fully saturated rings. The van der Waals surface area contributed by atoms with E-state index in [2.05, 4.69) is 0 Å². The van der Waals surface area contributed by atoms with Gasteiger partial charge in [-0.3, -0.25) is 4.79 Å². The van der Waals surface area contributed by atoms with Crippen molar-refractivity contribution >= 4 is 11.9 Å². The number of hydrogen-bond acceptors (Lipinski definition) is 1. The van der Waals surface area contributed by atoms with Crippen molar-refractivity contribution in [1.82, 2.24) is 4.57 Å². The minimum Gasteiger partial charge on any atom is -0.324 e. The SMILES string of the molecule is Cc1ccc(/C=C/C(=O)c2cccc(-n3cccc3)c2)cc1. The molecule has 0 aliphatic carbocycles. The van der Waals surface area contributed by atoms with Gasteiger partial charge in [0, 0.05) is 23.6 Å². The van der Waals surface area contributed by atoms with E-state index >= 15 is 0 Å². The quantitative estimate of drug-likeness (QED) is 0.504. The number of allylic oxidation sites excluding steroid dienone is 1. The zero-order valence-electron chi connectivity index (χ0n) is 12.4. The molecule has 3 rings (SSSR count). The highest BCUT2D eigenvalue weighted by molar-refractivity contribution is 6.07. The Bertz CT molecular complexity index is 796. The lowest BCUT2D eigenvalue weighted by molar-refractivity contribution is 0.104. The Morgan fingerprint density at radius 3 is 2.41 bits per heavy atom. The summed E-state index contributed by atoms with van der Waals surface area (Å²) in [6.07, 6.45) is 7.40. The van der Waals surface area contributed by atoms with Crippen molar-refractivity contribution < 1.29 is 4.79 Å². The molecule has 0 atom stereocenters. The summed E-state index contributed by atoms with van der Waals surface area (Å²) in [6, 6.07) is 19.7. The Kier molecular flexibility index (Phi) is 4.01. The Balaban J connectivity index is 1.80. The number of rotatable bonds is 4. The van der Waals surface area contributed by atoms with Gasteiger partial charge in [0.25, 0.3) is 0 Å². The van der Waals surface area contributed by atoms with Gasteiger partial charge in [-0.15, -0.1) is 0 Å². The summed E-state index contributed by atoms with van der Waals surface area (Å²) in [5.74, 6) is 0.00887. The Hall–Kier alpha value is -2.87. The van der Waals surface area contributed by atoms with Gasteiger partial charge in [0.2, 0.25) is 0 Å². The molecule has 0 bridgehead atoms. The van der Waals surface area contributed by atoms with Gasteiger partial charge < -0.3 is 4.57 Å². The van der Waals surface area contributed by atoms with Gasteiger partial charge in [0.15, 0.2) is 5.78 Å². The Labute approximate surface area is 130 Å². The molecule has 3 aromatic rings. The van der Waals surface area contributed by atoms with Crippen molar-refractivity contribution in [3.63, 3.8) is 0 Å². The van der Waals surface area contributed by atoms with Crippen LogP contribution in [0.5, 0.6) is 0 Å². The fourth-order valence-corrected chi connectivity index (χ4v) is 2.27. The zero-order valence-corrected chi connectivity index (χ0v) is 12.4. The van der Waals surface area contributed by atoms with Gasteiger partial charge in [-0.25, -0.2) is 0 Å². The second kappa shape index (κ2) is 6.27. The van der Waals surface area contributed by atoms with Crippen molar-refractivity contribution in [2.24, 2.45) is 0 Å². The number of benzene rings is 2. The summed E-state index contributed by atoms with van der Waals surface area (Å²) >= 11 is 0. The number of nitrogens with zero attached hydrogens (tertiary/aromatic N) is 1. The topological polar surface area (TPSA) is 22.0 Å². The molecule has 0 N–H and O–H groups in total. The number of carbonyl (C=O) groups is 1. The summed E-state index contributed by atoms with van der Waals surface area (Å²) < 4.78 is 1.99. The van der Waals surface area contributed by atoms with E-state index < -0.39 is 0 Å². The standard InChI is InChI=1S/C20H17NO/c1-16-7-9-17(10-8-16)11-12-20(22)18-5-4-6-19(15-18)21-13-2-3-14-21/h2-15H,1H3/b12-11+. The molecule has 0 aliphatic heterocycles. The summed E-state index contributed by atoms with van der Waals surface area (Å²) in [4.78, 5) is 12.3. The maximum Gasteiger partial charge on any atom is 0.185 e. The van der Waals surface area contributed by atoms with Crippen LogP contribution in [0.2, 0.25) is 0 Å². The number of ketones is 1. The molecule has 2 heteroatoms. The van der Waals surface area contributed by atoms with E-state index in [0.717, 1.165) is 11.3 Å². The maximum atomic E-state index is 12.3. The zero-order chi connectivity index (χ0) is 15.4. The molecule has 2 aromatic carbocycles. The van der Waals surface area contributed by atoms with Crippen molar-refractivity contribution in [2.45, 2.75) is 6.92 Å². The first-order chi connectivity index (χ1) is 10.7. The largest absolute Gasteiger partial charge is 0.324 e. The molecule has 108 valence electrons. The third-order valence-electron chi connectivity index (χ3n) is 3.54. The van der Waals surface area contributed by atoms with E-state index in [9.17, 15) is 4.79 Å². The Morgan fingerprint density at radius 1 is 0.955 bits per heavy atom. The van der Waals surface area contributed by atoms with Crippen LogP contribution in [0, 0.1) is 6.92 Å². The smallest absolute Gasteiger partial charge is 0.185 e. The molecule has 0 spiro atoms. The highest BCUT2D eigenvalue weighted by atomic mass is 16.1. The summed E-state index contributed by atoms with van der Waals surface area (Å²) in [5.41, 5.74) is 3.91. The minimum absolute atomic E-state index is 0.00887. The Morgan fingerprint density at radius 2 is 1.68 bits per heavy atom. The molecule has 0 saturated carbocycles. The molecule has 0 amide bonds. The third kappa shape index (κ3) is 3.23. The fraction of sp³-hybridized carbons (Fsp3) is 0.0500. The van der Waals surface area contributed by atoms with Gasteiger partial charge >= 0.3 is 0 Å². The molecule has 0 radical (unpaired) electrons. The van der Waals surface area contributed by atoms with Crippen molar-refractivity contribution in [3.8, 4) is 5.69 Å². The van der Waals surface area contributed by atoms with Gasteiger partial charge in [0.1, 0.15) is 0 Å². The van der Waals surface area contributed by atoms with Gasteiger partial charge in [-0.1, -0.05) is 48.0 Å². The van der Waals surface area contributed by atoms with Crippen LogP contribution in [0.3, 0.4) is 0 Å². The van der Waals surface area contributed by atoms with Crippen molar-refractivity contribution in [1.29, 1.82) is 0 Å². The van der Waals surface area contributed by atoms with Gasteiger partial charge in [-0.2, -0.15) is 0 Å². The van der Waals surface area contributed by atoms with Crippen LogP contribution in [0.25, 0.3) is 11.8 Å². The molecule has 0 aliphatic rings. The molecule has 0 saturated heterocycles. The van der Waals surface area contributed by atoms with Gasteiger partial charge in [-0.05, 0) is 42.8 Å². The van der Waals surface area contributed by atoms with E-state index in [1.54, 1.807) is 6.08 Å². The van der Waals surface area contributed by atoms with Crippen LogP contribution < -0.4 is 0 Å². The van der Waals surface area contributed by atoms with Crippen LogP contribution >= 0.6 is 0 Å². The monoisotopic (exact) mass is 287 g/mol. The highest BCUT2D eigenvalue weighted by Gasteiger charge is 2.03. The van der Waals surface area contributed by atoms with Gasteiger partial charge in [0.05, 0.1) is 0 Å². The van der Waals surface area contributed by atoms with Crippen LogP contribution in [-0.4, -0.2) is 10.4 Å². The average molecular weight is 287 g/mol. The average Bonchev–Trinajstić information content (AvgIpc) is 3.09. The van der Waals surface area contributed by atoms with E-state index in [0.29, 0.717) is 5.56 Å². The first-order valence-electron chi connectivity index (χ1n) is 7.25. The molecule has 22 heavy (non-hydrogen) atoms. The first-order valence-corrected chi connectivity index (χ1v) is 7.25. The third-order valence-corrected chi connectivity index (χ3v) is 3.54. The van der Waals surface area contributed by atoms with E-state index in [1.165, 1.54) is 5.56 Å². The summed E-state index contributed by atoms with van der Waals surface area (Å²) in [7, 11) is 0. The molecule has 1 aromatic heterocycles. The van der Waals surface area contributed by atoms with Crippen LogP contribution in [0.15, 0.2) is 79.1 Å². The predicted molar refractivity (Wildman–Crippen MR) is 90.3 cm³/mol. The molecular formula is C20H17NO. The molecule has 1 heterocycles. The lowest BCUT2D eigenvalue weighted by atomic mass is 10.1. The number of carbonyl (C=O) groups excluding carboxylic acids is 1. The molecule has 2 nitrogen and oxygen atoms in total. The normalized spacial score (nSPS) is 11.0. The van der Waals surface area contributed by atoms with E-state index in [-0.39, 0.29) is 5.78 Å². The lowest BCUT2D eigenvalue weighted by Gasteiger charge is -2.04. The van der Waals surface area contributed by atoms with E-state index in [1.807, 2.05) is 90.6 Å². The van der Waals surface area contributed by atoms with Crippen LogP contribution in [0.1, 0.15) is 21.5 Å². The summed E-state index contributed by atoms with van der Waals surface area (Å²) in [5, 5.41) is 0. The van der Waals surface area contributed by atoms with E-state index in [4.69, 9.17) is 0 Å². The molecular weight excluding hydrogens is 270 g/mol. The maximum absolute atomic E-state index is 12.3. The predicted octanol–water partition coefficient (Wildman–Crippen LogP) is 4.68. The fourth-order valence-electron chi connectivity index (χ4n) is 2.27. The second-order valence-electron chi connectivity index (χ2n) is 5.25. The molecule has 0 unspecified atom stereocenters. The lowest BCUT2D eigenvalue weighted by Crippen LogP contribution is -1.97. The number of hydrogen-bond donors (Lipinski definition) is 0. The summed E-state index contributed by atoms with van der Waals surface area (Å²) in [6.45, 7) is 2.05.